The molecule has 0 saturated carbocycles. The molecule has 0 aromatic heterocycles. The number of rotatable bonds is 38. The molecule has 6 nitrogen and oxygen atoms in total. The van der Waals surface area contributed by atoms with Crippen LogP contribution in [0.4, 0.5) is 0 Å². The second-order valence-electron chi connectivity index (χ2n) is 14.2. The third-order valence-electron chi connectivity index (χ3n) is 8.76. The van der Waals surface area contributed by atoms with Crippen molar-refractivity contribution in [3.8, 4) is 0 Å². The van der Waals surface area contributed by atoms with Crippen LogP contribution in [0.3, 0.4) is 0 Å². The van der Waals surface area contributed by atoms with Crippen LogP contribution in [-0.4, -0.2) is 37.2 Å². The van der Waals surface area contributed by atoms with Crippen LogP contribution in [0, 0.1) is 0 Å². The van der Waals surface area contributed by atoms with Crippen molar-refractivity contribution in [3.05, 3.63) is 109 Å². The molecule has 0 saturated heterocycles. The third kappa shape index (κ3) is 43.0. The lowest BCUT2D eigenvalue weighted by atomic mass is 10.1. The molecule has 0 N–H and O–H groups in total. The van der Waals surface area contributed by atoms with Crippen LogP contribution in [0.1, 0.15) is 175 Å². The normalized spacial score (nSPS) is 13.1. The van der Waals surface area contributed by atoms with E-state index < -0.39 is 12.1 Å². The molecule has 0 aliphatic heterocycles. The maximum Gasteiger partial charge on any atom is 0.306 e. The second-order valence-corrected chi connectivity index (χ2v) is 14.2. The summed E-state index contributed by atoms with van der Waals surface area (Å²) >= 11 is 0. The van der Waals surface area contributed by atoms with Crippen molar-refractivity contribution < 1.29 is 28.6 Å². The molecular formula is C51H80O6. The summed E-state index contributed by atoms with van der Waals surface area (Å²) in [6.45, 7) is 6.22. The summed E-state index contributed by atoms with van der Waals surface area (Å²) < 4.78 is 16.6. The summed E-state index contributed by atoms with van der Waals surface area (Å²) in [5, 5.41) is 0. The number of esters is 3. The fourth-order valence-electron chi connectivity index (χ4n) is 5.42. The topological polar surface area (TPSA) is 78.9 Å². The van der Waals surface area contributed by atoms with Crippen LogP contribution in [0.15, 0.2) is 109 Å². The van der Waals surface area contributed by atoms with Gasteiger partial charge in [0.25, 0.3) is 0 Å². The van der Waals surface area contributed by atoms with Crippen LogP contribution in [0.5, 0.6) is 0 Å². The number of allylic oxidation sites excluding steroid dienone is 18. The van der Waals surface area contributed by atoms with Gasteiger partial charge in [0, 0.05) is 19.3 Å². The van der Waals surface area contributed by atoms with Gasteiger partial charge >= 0.3 is 17.9 Å². The summed E-state index contributed by atoms with van der Waals surface area (Å²) in [5.74, 6) is -1.08. The van der Waals surface area contributed by atoms with Crippen LogP contribution < -0.4 is 0 Å². The van der Waals surface area contributed by atoms with E-state index >= 15 is 0 Å². The van der Waals surface area contributed by atoms with E-state index in [1.165, 1.54) is 25.7 Å². The van der Waals surface area contributed by atoms with Crippen LogP contribution in [0.25, 0.3) is 0 Å². The monoisotopic (exact) mass is 789 g/mol. The number of hydrogen-bond acceptors (Lipinski definition) is 6. The third-order valence-corrected chi connectivity index (χ3v) is 8.76. The SMILES string of the molecule is CC/C=C\C/C=C\C/C=C\C/C=C\CCCCC(=O)OCC(COC(=O)CCCCCCC/C=C\CCCC)OC(=O)CC/C=C\C/C=C\C/C=C\C/C=C\CC. The Morgan fingerprint density at radius 1 is 0.368 bits per heavy atom. The number of ether oxygens (including phenoxy) is 3. The van der Waals surface area contributed by atoms with E-state index in [1.54, 1.807) is 0 Å². The number of hydrogen-bond donors (Lipinski definition) is 0. The molecule has 6 heteroatoms. The average Bonchev–Trinajstić information content (AvgIpc) is 3.21. The van der Waals surface area contributed by atoms with Crippen molar-refractivity contribution in [2.75, 3.05) is 13.2 Å². The van der Waals surface area contributed by atoms with E-state index in [0.29, 0.717) is 19.3 Å². The highest BCUT2D eigenvalue weighted by Crippen LogP contribution is 2.11. The molecule has 320 valence electrons. The Morgan fingerprint density at radius 3 is 1.19 bits per heavy atom. The summed E-state index contributed by atoms with van der Waals surface area (Å²) in [5.41, 5.74) is 0. The van der Waals surface area contributed by atoms with Gasteiger partial charge in [0.05, 0.1) is 0 Å². The maximum atomic E-state index is 12.7. The Bertz CT molecular complexity index is 1230. The molecule has 0 aromatic rings. The lowest BCUT2D eigenvalue weighted by Crippen LogP contribution is -2.30. The van der Waals surface area contributed by atoms with Gasteiger partial charge in [0.15, 0.2) is 6.10 Å². The Morgan fingerprint density at radius 2 is 0.719 bits per heavy atom. The molecule has 1 unspecified atom stereocenters. The fraction of sp³-hybridized carbons (Fsp3) is 0.588. The molecule has 0 fully saturated rings. The summed E-state index contributed by atoms with van der Waals surface area (Å²) in [4.78, 5) is 37.7. The van der Waals surface area contributed by atoms with Crippen molar-refractivity contribution in [2.24, 2.45) is 0 Å². The average molecular weight is 789 g/mol. The molecule has 0 amide bonds. The smallest absolute Gasteiger partial charge is 0.306 e. The summed E-state index contributed by atoms with van der Waals surface area (Å²) in [7, 11) is 0. The highest BCUT2D eigenvalue weighted by Gasteiger charge is 2.19. The van der Waals surface area contributed by atoms with E-state index in [-0.39, 0.29) is 38.0 Å². The van der Waals surface area contributed by atoms with Gasteiger partial charge in [-0.3, -0.25) is 14.4 Å². The minimum absolute atomic E-state index is 0.127. The Balaban J connectivity index is 4.59. The molecule has 0 bridgehead atoms. The van der Waals surface area contributed by atoms with Gasteiger partial charge in [-0.25, -0.2) is 0 Å². The maximum absolute atomic E-state index is 12.7. The van der Waals surface area contributed by atoms with E-state index in [2.05, 4.69) is 118 Å². The standard InChI is InChI=1S/C51H80O6/c1-4-7-10-13-16-19-22-24-25-27-29-32-35-38-41-44-50(53)56-47-48(46-55-49(52)43-40-37-34-31-28-21-18-15-12-9-6-3)57-51(54)45-42-39-36-33-30-26-23-20-17-14-11-8-5-2/h7-8,10-11,15-20,24-26,29-30,32,36,39,48H,4-6,9,12-14,21-23,27-28,31,33-35,37-38,40-47H2,1-3H3/b10-7-,11-8-,18-15-,19-16-,20-17-,25-24-,30-26-,32-29-,39-36-. The molecule has 0 aromatic carbocycles. The van der Waals surface area contributed by atoms with Crippen LogP contribution in [0.2, 0.25) is 0 Å². The lowest BCUT2D eigenvalue weighted by molar-refractivity contribution is -0.166. The van der Waals surface area contributed by atoms with E-state index in [4.69, 9.17) is 14.2 Å². The van der Waals surface area contributed by atoms with Gasteiger partial charge in [-0.15, -0.1) is 0 Å². The first kappa shape index (κ1) is 53.1. The highest BCUT2D eigenvalue weighted by molar-refractivity contribution is 5.71. The predicted molar refractivity (Wildman–Crippen MR) is 242 cm³/mol. The molecule has 0 spiro atoms. The van der Waals surface area contributed by atoms with Gasteiger partial charge in [0.1, 0.15) is 13.2 Å². The summed E-state index contributed by atoms with van der Waals surface area (Å²) in [6, 6.07) is 0. The zero-order valence-corrected chi connectivity index (χ0v) is 36.3. The minimum Gasteiger partial charge on any atom is -0.462 e. The van der Waals surface area contributed by atoms with Gasteiger partial charge in [-0.05, 0) is 103 Å². The Hall–Kier alpha value is -3.93. The van der Waals surface area contributed by atoms with E-state index in [0.717, 1.165) is 96.3 Å². The van der Waals surface area contributed by atoms with Gasteiger partial charge in [0.2, 0.25) is 0 Å². The Labute approximate surface area is 349 Å². The predicted octanol–water partition coefficient (Wildman–Crippen LogP) is 14.4. The number of unbranched alkanes of at least 4 members (excludes halogenated alkanes) is 9. The van der Waals surface area contributed by atoms with Gasteiger partial charge in [-0.1, -0.05) is 162 Å². The van der Waals surface area contributed by atoms with Crippen molar-refractivity contribution in [3.63, 3.8) is 0 Å². The first-order chi connectivity index (χ1) is 28.0. The molecule has 0 aliphatic rings. The zero-order chi connectivity index (χ0) is 41.5. The molecule has 0 aliphatic carbocycles. The quantitative estimate of drug-likeness (QED) is 0.0268. The van der Waals surface area contributed by atoms with E-state index in [9.17, 15) is 14.4 Å². The molecule has 0 radical (unpaired) electrons. The molecule has 0 heterocycles. The largest absolute Gasteiger partial charge is 0.462 e. The van der Waals surface area contributed by atoms with E-state index in [1.807, 2.05) is 12.2 Å². The lowest BCUT2D eigenvalue weighted by Gasteiger charge is -2.18. The number of carbonyl (C=O) groups excluding carboxylic acids is 3. The van der Waals surface area contributed by atoms with Crippen LogP contribution >= 0.6 is 0 Å². The molecule has 1 atom stereocenters. The fourth-order valence-corrected chi connectivity index (χ4v) is 5.42. The molecular weight excluding hydrogens is 709 g/mol. The Kier molecular flexibility index (Phi) is 41.7. The van der Waals surface area contributed by atoms with Gasteiger partial charge in [-0.2, -0.15) is 0 Å². The molecule has 57 heavy (non-hydrogen) atoms. The van der Waals surface area contributed by atoms with Gasteiger partial charge < -0.3 is 14.2 Å². The van der Waals surface area contributed by atoms with Crippen molar-refractivity contribution in [1.29, 1.82) is 0 Å². The van der Waals surface area contributed by atoms with Crippen molar-refractivity contribution in [1.82, 2.24) is 0 Å². The molecule has 0 rings (SSSR count). The van der Waals surface area contributed by atoms with Crippen LogP contribution in [-0.2, 0) is 28.6 Å². The summed E-state index contributed by atoms with van der Waals surface area (Å²) in [6.07, 6.45) is 59.4. The first-order valence-electron chi connectivity index (χ1n) is 22.4. The van der Waals surface area contributed by atoms with Crippen molar-refractivity contribution in [2.45, 2.75) is 181 Å². The second kappa shape index (κ2) is 44.8. The first-order valence-corrected chi connectivity index (χ1v) is 22.4. The number of carbonyl (C=O) groups is 3. The van der Waals surface area contributed by atoms with Crippen molar-refractivity contribution >= 4 is 17.9 Å². The highest BCUT2D eigenvalue weighted by atomic mass is 16.6. The zero-order valence-electron chi connectivity index (χ0n) is 36.3. The minimum atomic E-state index is -0.836.